The van der Waals surface area contributed by atoms with Crippen LogP contribution in [0, 0.1) is 6.92 Å². The molecule has 0 spiro atoms. The summed E-state index contributed by atoms with van der Waals surface area (Å²) < 4.78 is 5.11. The van der Waals surface area contributed by atoms with Crippen LogP contribution in [0.1, 0.15) is 30.5 Å². The number of likely N-dealkylation sites (N-methyl/N-ethyl adjacent to an activating group) is 2. The highest BCUT2D eigenvalue weighted by atomic mass is 16.5. The molecule has 0 heterocycles. The lowest BCUT2D eigenvalue weighted by atomic mass is 9.98. The summed E-state index contributed by atoms with van der Waals surface area (Å²) in [5.41, 5.74) is 2.65. The van der Waals surface area contributed by atoms with Crippen molar-refractivity contribution >= 4 is 0 Å². The van der Waals surface area contributed by atoms with Crippen molar-refractivity contribution in [1.82, 2.24) is 10.2 Å². The quantitative estimate of drug-likeness (QED) is 0.731. The fraction of sp³-hybridized carbons (Fsp3) is 0.625. The average Bonchev–Trinajstić information content (AvgIpc) is 2.41. The largest absolute Gasteiger partial charge is 0.385 e. The monoisotopic (exact) mass is 264 g/mol. The maximum atomic E-state index is 5.11. The zero-order valence-electron chi connectivity index (χ0n) is 12.9. The second-order valence-electron chi connectivity index (χ2n) is 5.24. The normalized spacial score (nSPS) is 14.6. The van der Waals surface area contributed by atoms with Crippen LogP contribution < -0.4 is 5.32 Å². The summed E-state index contributed by atoms with van der Waals surface area (Å²) in [6.45, 7) is 6.27. The van der Waals surface area contributed by atoms with Crippen molar-refractivity contribution in [2.24, 2.45) is 0 Å². The molecule has 108 valence electrons. The van der Waals surface area contributed by atoms with Crippen molar-refractivity contribution in [2.45, 2.75) is 32.4 Å². The van der Waals surface area contributed by atoms with Crippen molar-refractivity contribution in [3.8, 4) is 0 Å². The number of hydrogen-bond donors (Lipinski definition) is 1. The van der Waals surface area contributed by atoms with Crippen LogP contribution >= 0.6 is 0 Å². The van der Waals surface area contributed by atoms with Gasteiger partial charge in [-0.1, -0.05) is 29.8 Å². The Bertz CT molecular complexity index is 350. The first-order chi connectivity index (χ1) is 9.10. The van der Waals surface area contributed by atoms with Crippen LogP contribution in [0.3, 0.4) is 0 Å². The molecule has 0 aromatic heterocycles. The molecule has 0 aliphatic heterocycles. The maximum Gasteiger partial charge on any atom is 0.0474 e. The highest BCUT2D eigenvalue weighted by Crippen LogP contribution is 2.20. The molecule has 2 unspecified atom stereocenters. The number of nitrogens with one attached hydrogen (secondary N) is 1. The third-order valence-electron chi connectivity index (χ3n) is 3.78. The summed E-state index contributed by atoms with van der Waals surface area (Å²) in [5.74, 6) is 0. The molecule has 0 aliphatic rings. The topological polar surface area (TPSA) is 24.5 Å². The van der Waals surface area contributed by atoms with E-state index in [2.05, 4.69) is 55.4 Å². The van der Waals surface area contributed by atoms with Crippen LogP contribution in [0.15, 0.2) is 24.3 Å². The highest BCUT2D eigenvalue weighted by Gasteiger charge is 2.20. The maximum absolute atomic E-state index is 5.11. The SMILES string of the molecule is CNC(c1ccc(C)cc1)C(C)N(C)CCCOC. The zero-order chi connectivity index (χ0) is 14.3. The molecule has 3 heteroatoms. The molecule has 2 atom stereocenters. The number of rotatable bonds is 8. The molecule has 0 aliphatic carbocycles. The van der Waals surface area contributed by atoms with E-state index in [1.165, 1.54) is 11.1 Å². The Kier molecular flexibility index (Phi) is 7.06. The smallest absolute Gasteiger partial charge is 0.0474 e. The Morgan fingerprint density at radius 1 is 1.26 bits per heavy atom. The Hall–Kier alpha value is -0.900. The van der Waals surface area contributed by atoms with Gasteiger partial charge in [0.25, 0.3) is 0 Å². The van der Waals surface area contributed by atoms with Crippen molar-refractivity contribution in [2.75, 3.05) is 34.4 Å². The first-order valence-electron chi connectivity index (χ1n) is 7.03. The van der Waals surface area contributed by atoms with E-state index >= 15 is 0 Å². The lowest BCUT2D eigenvalue weighted by molar-refractivity contribution is 0.157. The molecule has 0 bridgehead atoms. The fourth-order valence-corrected chi connectivity index (χ4v) is 2.38. The van der Waals surface area contributed by atoms with Crippen molar-refractivity contribution in [1.29, 1.82) is 0 Å². The molecular weight excluding hydrogens is 236 g/mol. The fourth-order valence-electron chi connectivity index (χ4n) is 2.38. The summed E-state index contributed by atoms with van der Waals surface area (Å²) >= 11 is 0. The zero-order valence-corrected chi connectivity index (χ0v) is 12.9. The van der Waals surface area contributed by atoms with E-state index in [1.807, 2.05) is 7.05 Å². The molecule has 3 nitrogen and oxygen atoms in total. The molecule has 1 N–H and O–H groups in total. The first kappa shape index (κ1) is 16.2. The van der Waals surface area contributed by atoms with Gasteiger partial charge in [-0.15, -0.1) is 0 Å². The van der Waals surface area contributed by atoms with Gasteiger partial charge in [0.05, 0.1) is 0 Å². The predicted molar refractivity (Wildman–Crippen MR) is 81.6 cm³/mol. The summed E-state index contributed by atoms with van der Waals surface area (Å²) in [4.78, 5) is 2.39. The van der Waals surface area contributed by atoms with Crippen molar-refractivity contribution in [3.05, 3.63) is 35.4 Å². The van der Waals surface area contributed by atoms with E-state index in [1.54, 1.807) is 7.11 Å². The van der Waals surface area contributed by atoms with Gasteiger partial charge in [-0.25, -0.2) is 0 Å². The molecule has 0 radical (unpaired) electrons. The van der Waals surface area contributed by atoms with Gasteiger partial charge in [-0.3, -0.25) is 0 Å². The third-order valence-corrected chi connectivity index (χ3v) is 3.78. The number of hydrogen-bond acceptors (Lipinski definition) is 3. The van der Waals surface area contributed by atoms with Crippen LogP contribution in [-0.4, -0.2) is 45.3 Å². The molecular formula is C16H28N2O. The van der Waals surface area contributed by atoms with E-state index in [4.69, 9.17) is 4.74 Å². The second-order valence-corrected chi connectivity index (χ2v) is 5.24. The summed E-state index contributed by atoms with van der Waals surface area (Å²) in [5, 5.41) is 3.44. The summed E-state index contributed by atoms with van der Waals surface area (Å²) in [6, 6.07) is 9.60. The van der Waals surface area contributed by atoms with E-state index in [9.17, 15) is 0 Å². The van der Waals surface area contributed by atoms with Crippen LogP contribution in [0.2, 0.25) is 0 Å². The number of benzene rings is 1. The molecule has 1 rings (SSSR count). The van der Waals surface area contributed by atoms with Crippen LogP contribution in [0.4, 0.5) is 0 Å². The molecule has 19 heavy (non-hydrogen) atoms. The Balaban J connectivity index is 2.65. The van der Waals surface area contributed by atoms with Gasteiger partial charge in [0.1, 0.15) is 0 Å². The number of aryl methyl sites for hydroxylation is 1. The summed E-state index contributed by atoms with van der Waals surface area (Å²) in [6.07, 6.45) is 1.07. The van der Waals surface area contributed by atoms with Crippen molar-refractivity contribution < 1.29 is 4.74 Å². The summed E-state index contributed by atoms with van der Waals surface area (Å²) in [7, 11) is 5.97. The standard InChI is InChI=1S/C16H28N2O/c1-13-7-9-15(10-8-13)16(17-3)14(2)18(4)11-6-12-19-5/h7-10,14,16-17H,6,11-12H2,1-5H3. The van der Waals surface area contributed by atoms with Crippen molar-refractivity contribution in [3.63, 3.8) is 0 Å². The molecule has 0 saturated carbocycles. The van der Waals surface area contributed by atoms with Gasteiger partial charge in [0.2, 0.25) is 0 Å². The second kappa shape index (κ2) is 8.31. The van der Waals surface area contributed by atoms with E-state index < -0.39 is 0 Å². The van der Waals surface area contributed by atoms with Crippen LogP contribution in [0.5, 0.6) is 0 Å². The van der Waals surface area contributed by atoms with Gasteiger partial charge in [0.15, 0.2) is 0 Å². The highest BCUT2D eigenvalue weighted by molar-refractivity contribution is 5.25. The van der Waals surface area contributed by atoms with E-state index in [0.717, 1.165) is 19.6 Å². The lowest BCUT2D eigenvalue weighted by Gasteiger charge is -2.32. The Labute approximate surface area is 118 Å². The third kappa shape index (κ3) is 4.94. The molecule has 0 saturated heterocycles. The predicted octanol–water partition coefficient (Wildman–Crippen LogP) is 2.61. The average molecular weight is 264 g/mol. The lowest BCUT2D eigenvalue weighted by Crippen LogP contribution is -2.40. The van der Waals surface area contributed by atoms with Gasteiger partial charge >= 0.3 is 0 Å². The minimum Gasteiger partial charge on any atom is -0.385 e. The van der Waals surface area contributed by atoms with Gasteiger partial charge in [0, 0.05) is 32.3 Å². The van der Waals surface area contributed by atoms with Gasteiger partial charge in [-0.2, -0.15) is 0 Å². The number of ether oxygens (including phenoxy) is 1. The van der Waals surface area contributed by atoms with Crippen LogP contribution in [-0.2, 0) is 4.74 Å². The molecule has 1 aromatic rings. The first-order valence-corrected chi connectivity index (χ1v) is 7.03. The molecule has 0 amide bonds. The molecule has 1 aromatic carbocycles. The minimum absolute atomic E-state index is 0.355. The van der Waals surface area contributed by atoms with E-state index in [-0.39, 0.29) is 0 Å². The number of methoxy groups -OCH3 is 1. The van der Waals surface area contributed by atoms with E-state index in [0.29, 0.717) is 12.1 Å². The van der Waals surface area contributed by atoms with Crippen LogP contribution in [0.25, 0.3) is 0 Å². The Morgan fingerprint density at radius 2 is 1.89 bits per heavy atom. The Morgan fingerprint density at radius 3 is 2.42 bits per heavy atom. The van der Waals surface area contributed by atoms with Gasteiger partial charge in [-0.05, 0) is 39.9 Å². The minimum atomic E-state index is 0.355. The number of nitrogens with zero attached hydrogens (tertiary/aromatic N) is 1. The molecule has 0 fully saturated rings. The van der Waals surface area contributed by atoms with Gasteiger partial charge < -0.3 is 15.0 Å².